The number of benzene rings is 1. The van der Waals surface area contributed by atoms with Crippen molar-refractivity contribution in [3.05, 3.63) is 40.7 Å². The molecule has 1 atom stereocenters. The molecule has 0 bridgehead atoms. The minimum atomic E-state index is -0.199. The molecule has 1 aromatic heterocycles. The van der Waals surface area contributed by atoms with E-state index in [1.807, 2.05) is 0 Å². The van der Waals surface area contributed by atoms with Gasteiger partial charge in [0.05, 0.1) is 6.54 Å². The lowest BCUT2D eigenvalue weighted by Gasteiger charge is -2.27. The van der Waals surface area contributed by atoms with Gasteiger partial charge >= 0.3 is 0 Å². The molecule has 8 heteroatoms. The Bertz CT molecular complexity index is 908. The van der Waals surface area contributed by atoms with Crippen molar-refractivity contribution in [3.8, 4) is 11.5 Å². The predicted octanol–water partition coefficient (Wildman–Crippen LogP) is 2.11. The molecule has 2 aliphatic rings. The Kier molecular flexibility index (Phi) is 4.93. The Morgan fingerprint density at radius 1 is 1.32 bits per heavy atom. The van der Waals surface area contributed by atoms with Gasteiger partial charge in [0.1, 0.15) is 0 Å². The first kappa shape index (κ1) is 18.3. The van der Waals surface area contributed by atoms with Crippen molar-refractivity contribution >= 4 is 11.8 Å². The summed E-state index contributed by atoms with van der Waals surface area (Å²) >= 11 is 0. The molecule has 0 fully saturated rings. The summed E-state index contributed by atoms with van der Waals surface area (Å²) in [5.74, 6) is 1.33. The fraction of sp³-hybridized carbons (Fsp3) is 0.450. The topological polar surface area (TPSA) is 96.6 Å². The molecule has 3 heterocycles. The number of hydrogen-bond acceptors (Lipinski definition) is 5. The van der Waals surface area contributed by atoms with Gasteiger partial charge in [0.25, 0.3) is 11.8 Å². The van der Waals surface area contributed by atoms with E-state index < -0.39 is 0 Å². The number of carbonyl (C=O) groups is 2. The van der Waals surface area contributed by atoms with Crippen molar-refractivity contribution < 1.29 is 19.1 Å². The molecule has 0 saturated carbocycles. The van der Waals surface area contributed by atoms with Gasteiger partial charge in [-0.1, -0.05) is 20.3 Å². The largest absolute Gasteiger partial charge is 0.454 e. The molecule has 8 nitrogen and oxygen atoms in total. The SMILES string of the molecule is CCC(C)CNC(=O)c1n[nH]c2c1CN(C(=O)c1ccc3c(c1)OCO3)CC2. The zero-order valence-corrected chi connectivity index (χ0v) is 16.1. The van der Waals surface area contributed by atoms with Crippen LogP contribution in [-0.2, 0) is 13.0 Å². The predicted molar refractivity (Wildman–Crippen MR) is 101 cm³/mol. The normalized spacial score (nSPS) is 15.9. The van der Waals surface area contributed by atoms with Crippen LogP contribution in [0.5, 0.6) is 11.5 Å². The third-order valence-corrected chi connectivity index (χ3v) is 5.36. The van der Waals surface area contributed by atoms with E-state index in [-0.39, 0.29) is 18.6 Å². The first-order chi connectivity index (χ1) is 13.6. The minimum absolute atomic E-state index is 0.101. The first-order valence-corrected chi connectivity index (χ1v) is 9.60. The number of fused-ring (bicyclic) bond motifs is 2. The van der Waals surface area contributed by atoms with Crippen molar-refractivity contribution in [2.24, 2.45) is 5.92 Å². The van der Waals surface area contributed by atoms with Crippen molar-refractivity contribution in [1.82, 2.24) is 20.4 Å². The van der Waals surface area contributed by atoms with Gasteiger partial charge in [0.2, 0.25) is 6.79 Å². The highest BCUT2D eigenvalue weighted by molar-refractivity contribution is 5.96. The zero-order chi connectivity index (χ0) is 19.7. The molecule has 4 rings (SSSR count). The Hall–Kier alpha value is -3.03. The number of ether oxygens (including phenoxy) is 2. The number of amides is 2. The zero-order valence-electron chi connectivity index (χ0n) is 16.1. The van der Waals surface area contributed by atoms with Gasteiger partial charge in [-0.05, 0) is 24.1 Å². The fourth-order valence-electron chi connectivity index (χ4n) is 3.36. The second-order valence-electron chi connectivity index (χ2n) is 7.30. The van der Waals surface area contributed by atoms with Crippen LogP contribution in [0.15, 0.2) is 18.2 Å². The van der Waals surface area contributed by atoms with Gasteiger partial charge < -0.3 is 19.7 Å². The van der Waals surface area contributed by atoms with Crippen LogP contribution in [0.3, 0.4) is 0 Å². The highest BCUT2D eigenvalue weighted by Gasteiger charge is 2.29. The number of rotatable bonds is 5. The van der Waals surface area contributed by atoms with E-state index >= 15 is 0 Å². The second kappa shape index (κ2) is 7.53. The Labute approximate surface area is 163 Å². The third kappa shape index (κ3) is 3.42. The molecule has 2 N–H and O–H groups in total. The number of aromatic amines is 1. The summed E-state index contributed by atoms with van der Waals surface area (Å²) in [6, 6.07) is 5.19. The van der Waals surface area contributed by atoms with Gasteiger partial charge in [-0.25, -0.2) is 0 Å². The molecule has 2 amide bonds. The van der Waals surface area contributed by atoms with Crippen LogP contribution < -0.4 is 14.8 Å². The Balaban J connectivity index is 1.49. The highest BCUT2D eigenvalue weighted by Crippen LogP contribution is 2.33. The summed E-state index contributed by atoms with van der Waals surface area (Å²) in [6.07, 6.45) is 1.63. The monoisotopic (exact) mass is 384 g/mol. The average Bonchev–Trinajstić information content (AvgIpc) is 3.36. The van der Waals surface area contributed by atoms with Crippen LogP contribution in [0.25, 0.3) is 0 Å². The van der Waals surface area contributed by atoms with Gasteiger partial charge in [0, 0.05) is 36.3 Å². The van der Waals surface area contributed by atoms with Gasteiger partial charge in [-0.3, -0.25) is 14.7 Å². The van der Waals surface area contributed by atoms with E-state index in [9.17, 15) is 9.59 Å². The van der Waals surface area contributed by atoms with E-state index in [0.29, 0.717) is 54.7 Å². The number of H-pyrrole nitrogens is 1. The van der Waals surface area contributed by atoms with Crippen molar-refractivity contribution in [2.45, 2.75) is 33.2 Å². The summed E-state index contributed by atoms with van der Waals surface area (Å²) in [4.78, 5) is 27.2. The lowest BCUT2D eigenvalue weighted by Crippen LogP contribution is -2.37. The minimum Gasteiger partial charge on any atom is -0.454 e. The van der Waals surface area contributed by atoms with E-state index in [4.69, 9.17) is 9.47 Å². The maximum atomic E-state index is 13.0. The summed E-state index contributed by atoms with van der Waals surface area (Å²) in [6.45, 7) is 5.88. The van der Waals surface area contributed by atoms with Crippen molar-refractivity contribution in [3.63, 3.8) is 0 Å². The van der Waals surface area contributed by atoms with Crippen LogP contribution in [0.4, 0.5) is 0 Å². The molecule has 0 spiro atoms. The first-order valence-electron chi connectivity index (χ1n) is 9.60. The quantitative estimate of drug-likeness (QED) is 0.823. The fourth-order valence-corrected chi connectivity index (χ4v) is 3.36. The summed E-state index contributed by atoms with van der Waals surface area (Å²) in [7, 11) is 0. The van der Waals surface area contributed by atoms with Crippen LogP contribution in [0.2, 0.25) is 0 Å². The van der Waals surface area contributed by atoms with Crippen LogP contribution in [0.1, 0.15) is 52.4 Å². The van der Waals surface area contributed by atoms with Gasteiger partial charge in [-0.2, -0.15) is 5.10 Å². The second-order valence-corrected chi connectivity index (χ2v) is 7.30. The van der Waals surface area contributed by atoms with Crippen LogP contribution >= 0.6 is 0 Å². The molecule has 28 heavy (non-hydrogen) atoms. The molecule has 0 radical (unpaired) electrons. The number of nitrogens with one attached hydrogen (secondary N) is 2. The number of aromatic nitrogens is 2. The third-order valence-electron chi connectivity index (χ3n) is 5.36. The van der Waals surface area contributed by atoms with Crippen molar-refractivity contribution in [1.29, 1.82) is 0 Å². The number of nitrogens with zero attached hydrogens (tertiary/aromatic N) is 2. The summed E-state index contributed by atoms with van der Waals surface area (Å²) < 4.78 is 10.7. The Morgan fingerprint density at radius 3 is 2.96 bits per heavy atom. The van der Waals surface area contributed by atoms with E-state index in [1.54, 1.807) is 23.1 Å². The van der Waals surface area contributed by atoms with Crippen molar-refractivity contribution in [2.75, 3.05) is 19.9 Å². The molecule has 0 saturated heterocycles. The molecular weight excluding hydrogens is 360 g/mol. The van der Waals surface area contributed by atoms with Gasteiger partial charge in [-0.15, -0.1) is 0 Å². The van der Waals surface area contributed by atoms with Crippen LogP contribution in [0, 0.1) is 5.92 Å². The highest BCUT2D eigenvalue weighted by atomic mass is 16.7. The maximum absolute atomic E-state index is 13.0. The molecular formula is C20H24N4O4. The Morgan fingerprint density at radius 2 is 2.14 bits per heavy atom. The molecule has 1 aromatic carbocycles. The molecule has 0 aliphatic carbocycles. The summed E-state index contributed by atoms with van der Waals surface area (Å²) in [5, 5.41) is 10.1. The van der Waals surface area contributed by atoms with Gasteiger partial charge in [0.15, 0.2) is 17.2 Å². The summed E-state index contributed by atoms with van der Waals surface area (Å²) in [5.41, 5.74) is 2.63. The smallest absolute Gasteiger partial charge is 0.272 e. The molecule has 148 valence electrons. The number of hydrogen-bond donors (Lipinski definition) is 2. The lowest BCUT2D eigenvalue weighted by atomic mass is 10.0. The maximum Gasteiger partial charge on any atom is 0.272 e. The van der Waals surface area contributed by atoms with E-state index in [2.05, 4.69) is 29.4 Å². The molecule has 2 aromatic rings. The van der Waals surface area contributed by atoms with E-state index in [0.717, 1.165) is 17.7 Å². The average molecular weight is 384 g/mol. The standard InChI is InChI=1S/C20H24N4O4/c1-3-12(2)9-21-19(25)18-14-10-24(7-6-15(14)22-23-18)20(26)13-4-5-16-17(8-13)28-11-27-16/h4-5,8,12H,3,6-7,9-11H2,1-2H3,(H,21,25)(H,22,23). The lowest BCUT2D eigenvalue weighted by molar-refractivity contribution is 0.0731. The van der Waals surface area contributed by atoms with Crippen LogP contribution in [-0.4, -0.2) is 46.8 Å². The molecule has 2 aliphatic heterocycles. The van der Waals surface area contributed by atoms with E-state index in [1.165, 1.54) is 0 Å². The molecule has 1 unspecified atom stereocenters. The number of carbonyl (C=O) groups excluding carboxylic acids is 2.